The van der Waals surface area contributed by atoms with E-state index in [1.54, 1.807) is 6.33 Å². The van der Waals surface area contributed by atoms with Gasteiger partial charge in [0.1, 0.15) is 12.1 Å². The molecule has 3 rings (SSSR count). The van der Waals surface area contributed by atoms with Crippen molar-refractivity contribution in [2.45, 2.75) is 84.5 Å². The van der Waals surface area contributed by atoms with Crippen molar-refractivity contribution >= 4 is 16.9 Å². The van der Waals surface area contributed by atoms with E-state index in [1.165, 1.54) is 0 Å². The number of nitrogens with zero attached hydrogens (tertiary/aromatic N) is 6. The number of piperazine rings is 1. The Hall–Kier alpha value is -1.73. The second-order valence-corrected chi connectivity index (χ2v) is 9.68. The van der Waals surface area contributed by atoms with Crippen LogP contribution in [0.5, 0.6) is 0 Å². The first kappa shape index (κ1) is 21.0. The van der Waals surface area contributed by atoms with E-state index in [2.05, 4.69) is 59.5 Å². The smallest absolute Gasteiger partial charge is 0.163 e. The lowest BCUT2D eigenvalue weighted by atomic mass is 9.99. The summed E-state index contributed by atoms with van der Waals surface area (Å²) in [5, 5.41) is 16.0. The van der Waals surface area contributed by atoms with Gasteiger partial charge in [-0.25, -0.2) is 14.6 Å². The molecule has 0 amide bonds. The molecule has 1 aliphatic rings. The minimum absolute atomic E-state index is 0.130. The Kier molecular flexibility index (Phi) is 5.69. The molecule has 0 aliphatic carbocycles. The molecule has 7 heteroatoms. The summed E-state index contributed by atoms with van der Waals surface area (Å²) in [6, 6.07) is 0.734. The summed E-state index contributed by atoms with van der Waals surface area (Å²) < 4.78 is 1.98. The van der Waals surface area contributed by atoms with Gasteiger partial charge in [-0.3, -0.25) is 4.90 Å². The summed E-state index contributed by atoms with van der Waals surface area (Å²) in [6.07, 6.45) is 5.64. The van der Waals surface area contributed by atoms with Gasteiger partial charge < -0.3 is 10.0 Å². The Balaban J connectivity index is 1.98. The summed E-state index contributed by atoms with van der Waals surface area (Å²) in [4.78, 5) is 14.1. The van der Waals surface area contributed by atoms with E-state index >= 15 is 0 Å². The molecule has 7 nitrogen and oxygen atoms in total. The van der Waals surface area contributed by atoms with Crippen LogP contribution in [0.4, 0.5) is 5.82 Å². The third-order valence-corrected chi connectivity index (χ3v) is 5.59. The maximum Gasteiger partial charge on any atom is 0.163 e. The van der Waals surface area contributed by atoms with Gasteiger partial charge in [0.05, 0.1) is 22.7 Å². The molecule has 0 bridgehead atoms. The number of anilines is 1. The zero-order chi connectivity index (χ0) is 20.7. The van der Waals surface area contributed by atoms with Crippen LogP contribution in [0, 0.1) is 0 Å². The number of rotatable bonds is 5. The van der Waals surface area contributed by atoms with E-state index in [4.69, 9.17) is 0 Å². The first-order chi connectivity index (χ1) is 13.0. The molecule has 3 heterocycles. The minimum Gasteiger partial charge on any atom is -0.389 e. The van der Waals surface area contributed by atoms with Crippen molar-refractivity contribution in [2.75, 3.05) is 24.5 Å². The number of aromatic nitrogens is 4. The molecule has 0 spiro atoms. The molecule has 2 aromatic rings. The predicted molar refractivity (Wildman–Crippen MR) is 114 cm³/mol. The summed E-state index contributed by atoms with van der Waals surface area (Å²) >= 11 is 0. The van der Waals surface area contributed by atoms with Gasteiger partial charge in [0, 0.05) is 31.7 Å². The number of β-amino-alcohol motifs (C(OH)–C–C–N with tert-alkyl or cyclic N) is 1. The standard InChI is InChI=1S/C21H36N6O/c1-8-15-12-26(16(9-2)11-25(15)13-21(6,7)28)18-17-10-24-27(20(3,4)5)19(17)23-14-22-18/h10,14-16,28H,8-9,11-13H2,1-7H3. The van der Waals surface area contributed by atoms with Gasteiger partial charge in [-0.2, -0.15) is 5.10 Å². The molecular formula is C21H36N6O. The van der Waals surface area contributed by atoms with Crippen molar-refractivity contribution in [3.8, 4) is 0 Å². The monoisotopic (exact) mass is 388 g/mol. The van der Waals surface area contributed by atoms with E-state index in [9.17, 15) is 5.11 Å². The second kappa shape index (κ2) is 7.59. The van der Waals surface area contributed by atoms with Crippen molar-refractivity contribution in [1.29, 1.82) is 0 Å². The van der Waals surface area contributed by atoms with Crippen LogP contribution in [0.1, 0.15) is 61.3 Å². The van der Waals surface area contributed by atoms with Crippen LogP contribution < -0.4 is 4.90 Å². The summed E-state index contributed by atoms with van der Waals surface area (Å²) in [6.45, 7) is 17.2. The van der Waals surface area contributed by atoms with Gasteiger partial charge in [0.15, 0.2) is 5.65 Å². The molecule has 28 heavy (non-hydrogen) atoms. The molecule has 0 saturated carbocycles. The highest BCUT2D eigenvalue weighted by Gasteiger charge is 2.36. The molecule has 2 atom stereocenters. The van der Waals surface area contributed by atoms with E-state index in [-0.39, 0.29) is 5.54 Å². The molecule has 0 aromatic carbocycles. The highest BCUT2D eigenvalue weighted by atomic mass is 16.3. The molecule has 2 aromatic heterocycles. The van der Waals surface area contributed by atoms with Gasteiger partial charge in [-0.05, 0) is 47.5 Å². The number of fused-ring (bicyclic) bond motifs is 1. The average molecular weight is 389 g/mol. The SMILES string of the molecule is CCC1CN(c2ncnc3c2cnn3C(C)(C)C)C(CC)CN1CC(C)(C)O. The fourth-order valence-corrected chi connectivity index (χ4v) is 4.25. The number of aliphatic hydroxyl groups is 1. The highest BCUT2D eigenvalue weighted by molar-refractivity contribution is 5.87. The van der Waals surface area contributed by atoms with Crippen LogP contribution in [0.3, 0.4) is 0 Å². The van der Waals surface area contributed by atoms with Gasteiger partial charge in [0.25, 0.3) is 0 Å². The fourth-order valence-electron chi connectivity index (χ4n) is 4.25. The summed E-state index contributed by atoms with van der Waals surface area (Å²) in [5.74, 6) is 0.980. The lowest BCUT2D eigenvalue weighted by Gasteiger charge is -2.48. The molecule has 156 valence electrons. The maximum absolute atomic E-state index is 10.4. The van der Waals surface area contributed by atoms with Gasteiger partial charge in [0.2, 0.25) is 0 Å². The topological polar surface area (TPSA) is 70.3 Å². The van der Waals surface area contributed by atoms with Crippen molar-refractivity contribution in [1.82, 2.24) is 24.6 Å². The third-order valence-electron chi connectivity index (χ3n) is 5.59. The Bertz CT molecular complexity index is 803. The maximum atomic E-state index is 10.4. The lowest BCUT2D eigenvalue weighted by molar-refractivity contribution is 0.00996. The van der Waals surface area contributed by atoms with Crippen molar-refractivity contribution < 1.29 is 5.11 Å². The molecule has 0 radical (unpaired) electrons. The molecule has 1 fully saturated rings. The van der Waals surface area contributed by atoms with E-state index in [0.29, 0.717) is 18.6 Å². The molecular weight excluding hydrogens is 352 g/mol. The Morgan fingerprint density at radius 3 is 2.29 bits per heavy atom. The molecule has 1 N–H and O–H groups in total. The molecule has 1 aliphatic heterocycles. The van der Waals surface area contributed by atoms with Gasteiger partial charge >= 0.3 is 0 Å². The Morgan fingerprint density at radius 2 is 1.71 bits per heavy atom. The largest absolute Gasteiger partial charge is 0.389 e. The van der Waals surface area contributed by atoms with Crippen molar-refractivity contribution in [3.05, 3.63) is 12.5 Å². The zero-order valence-electron chi connectivity index (χ0n) is 18.5. The number of hydrogen-bond acceptors (Lipinski definition) is 6. The molecule has 2 unspecified atom stereocenters. The average Bonchev–Trinajstić information content (AvgIpc) is 3.04. The summed E-state index contributed by atoms with van der Waals surface area (Å²) in [5.41, 5.74) is 0.0676. The quantitative estimate of drug-likeness (QED) is 0.849. The fraction of sp³-hybridized carbons (Fsp3) is 0.762. The van der Waals surface area contributed by atoms with E-state index < -0.39 is 5.60 Å². The zero-order valence-corrected chi connectivity index (χ0v) is 18.5. The number of hydrogen-bond donors (Lipinski definition) is 1. The van der Waals surface area contributed by atoms with E-state index in [1.807, 2.05) is 24.7 Å². The van der Waals surface area contributed by atoms with Crippen molar-refractivity contribution in [2.24, 2.45) is 0 Å². The van der Waals surface area contributed by atoms with Crippen LogP contribution in [0.15, 0.2) is 12.5 Å². The first-order valence-electron chi connectivity index (χ1n) is 10.5. The summed E-state index contributed by atoms with van der Waals surface area (Å²) in [7, 11) is 0. The van der Waals surface area contributed by atoms with Gasteiger partial charge in [-0.1, -0.05) is 13.8 Å². The van der Waals surface area contributed by atoms with Crippen LogP contribution >= 0.6 is 0 Å². The normalized spacial score (nSPS) is 22.2. The predicted octanol–water partition coefficient (Wildman–Crippen LogP) is 3.03. The highest BCUT2D eigenvalue weighted by Crippen LogP contribution is 2.31. The second-order valence-electron chi connectivity index (χ2n) is 9.68. The lowest BCUT2D eigenvalue weighted by Crippen LogP contribution is -2.60. The van der Waals surface area contributed by atoms with Crippen LogP contribution in [-0.2, 0) is 5.54 Å². The van der Waals surface area contributed by atoms with E-state index in [0.717, 1.165) is 42.8 Å². The van der Waals surface area contributed by atoms with Crippen LogP contribution in [0.2, 0.25) is 0 Å². The minimum atomic E-state index is -0.691. The van der Waals surface area contributed by atoms with Crippen LogP contribution in [-0.4, -0.2) is 67.1 Å². The van der Waals surface area contributed by atoms with Crippen molar-refractivity contribution in [3.63, 3.8) is 0 Å². The molecule has 1 saturated heterocycles. The first-order valence-corrected chi connectivity index (χ1v) is 10.5. The third kappa shape index (κ3) is 4.15. The van der Waals surface area contributed by atoms with Gasteiger partial charge in [-0.15, -0.1) is 0 Å². The Morgan fingerprint density at radius 1 is 1.04 bits per heavy atom. The Labute approximate surface area is 168 Å². The van der Waals surface area contributed by atoms with Crippen LogP contribution in [0.25, 0.3) is 11.0 Å².